The molecular formula is C6H9FN2. The number of nitrogens with zero attached hydrogens (tertiary/aromatic N) is 1. The van der Waals surface area contributed by atoms with Gasteiger partial charge in [-0.05, 0) is 12.1 Å². The highest BCUT2D eigenvalue weighted by molar-refractivity contribution is 5.39. The Kier molecular flexibility index (Phi) is 3.35. The second-order valence-corrected chi connectivity index (χ2v) is 1.49. The Morgan fingerprint density at radius 3 is 2.22 bits per heavy atom. The standard InChI is InChI=1S/C6H8N2.FH/c1-7-6-2-4-8-5-3-6;/h2-5H,1H3,(H,7,8);1H. The number of rotatable bonds is 1. The molecule has 0 aliphatic rings. The molecule has 0 bridgehead atoms. The summed E-state index contributed by atoms with van der Waals surface area (Å²) in [5, 5.41) is 2.99. The van der Waals surface area contributed by atoms with Crippen molar-refractivity contribution in [2.45, 2.75) is 0 Å². The molecule has 0 aromatic carbocycles. The van der Waals surface area contributed by atoms with Gasteiger partial charge in [0.05, 0.1) is 0 Å². The van der Waals surface area contributed by atoms with Crippen molar-refractivity contribution in [3.63, 3.8) is 0 Å². The lowest BCUT2D eigenvalue weighted by atomic mass is 10.4. The summed E-state index contributed by atoms with van der Waals surface area (Å²) < 4.78 is 0. The number of anilines is 1. The van der Waals surface area contributed by atoms with Crippen molar-refractivity contribution >= 4 is 5.69 Å². The number of hydrogen-bond acceptors (Lipinski definition) is 2. The van der Waals surface area contributed by atoms with Crippen molar-refractivity contribution < 1.29 is 4.70 Å². The molecule has 1 aromatic rings. The monoisotopic (exact) mass is 128 g/mol. The van der Waals surface area contributed by atoms with E-state index in [2.05, 4.69) is 10.3 Å². The first kappa shape index (κ1) is 7.88. The van der Waals surface area contributed by atoms with Crippen molar-refractivity contribution in [1.29, 1.82) is 0 Å². The second kappa shape index (κ2) is 3.83. The largest absolute Gasteiger partial charge is 0.388 e. The lowest BCUT2D eigenvalue weighted by Crippen LogP contribution is -1.85. The Morgan fingerprint density at radius 2 is 1.89 bits per heavy atom. The molecule has 1 aromatic heterocycles. The fourth-order valence-corrected chi connectivity index (χ4v) is 0.519. The van der Waals surface area contributed by atoms with Gasteiger partial charge in [0.25, 0.3) is 0 Å². The Morgan fingerprint density at radius 1 is 1.33 bits per heavy atom. The van der Waals surface area contributed by atoms with Gasteiger partial charge in [-0.25, -0.2) is 0 Å². The fourth-order valence-electron chi connectivity index (χ4n) is 0.519. The molecule has 0 radical (unpaired) electrons. The van der Waals surface area contributed by atoms with E-state index < -0.39 is 0 Å². The highest BCUT2D eigenvalue weighted by atomic mass is 19.0. The van der Waals surface area contributed by atoms with E-state index in [1.807, 2.05) is 19.2 Å². The summed E-state index contributed by atoms with van der Waals surface area (Å²) >= 11 is 0. The average Bonchev–Trinajstić information content (AvgIpc) is 1.90. The number of hydrogen-bond donors (Lipinski definition) is 1. The fraction of sp³-hybridized carbons (Fsp3) is 0.167. The van der Waals surface area contributed by atoms with E-state index in [1.54, 1.807) is 12.4 Å². The summed E-state index contributed by atoms with van der Waals surface area (Å²) in [7, 11) is 1.88. The summed E-state index contributed by atoms with van der Waals surface area (Å²) in [6.45, 7) is 0. The van der Waals surface area contributed by atoms with Crippen LogP contribution in [0, 0.1) is 0 Å². The second-order valence-electron chi connectivity index (χ2n) is 1.49. The maximum absolute atomic E-state index is 3.85. The molecule has 0 atom stereocenters. The normalized spacial score (nSPS) is 7.67. The van der Waals surface area contributed by atoms with Crippen molar-refractivity contribution in [2.24, 2.45) is 0 Å². The third-order valence-electron chi connectivity index (χ3n) is 0.969. The first-order valence-electron chi connectivity index (χ1n) is 2.51. The topological polar surface area (TPSA) is 24.9 Å². The van der Waals surface area contributed by atoms with Crippen LogP contribution in [0.25, 0.3) is 0 Å². The summed E-state index contributed by atoms with van der Waals surface area (Å²) in [5.41, 5.74) is 1.10. The van der Waals surface area contributed by atoms with Crippen molar-refractivity contribution in [1.82, 2.24) is 4.98 Å². The number of pyridine rings is 1. The Labute approximate surface area is 53.3 Å². The first-order chi connectivity index (χ1) is 3.93. The molecular weight excluding hydrogens is 119 g/mol. The van der Waals surface area contributed by atoms with Crippen molar-refractivity contribution in [3.8, 4) is 0 Å². The summed E-state index contributed by atoms with van der Waals surface area (Å²) in [4.78, 5) is 3.85. The van der Waals surface area contributed by atoms with E-state index in [4.69, 9.17) is 0 Å². The van der Waals surface area contributed by atoms with Gasteiger partial charge >= 0.3 is 0 Å². The molecule has 0 aliphatic carbocycles. The van der Waals surface area contributed by atoms with Gasteiger partial charge < -0.3 is 5.32 Å². The first-order valence-corrected chi connectivity index (χ1v) is 2.51. The van der Waals surface area contributed by atoms with E-state index in [1.165, 1.54) is 0 Å². The molecule has 50 valence electrons. The molecule has 1 rings (SSSR count). The van der Waals surface area contributed by atoms with Crippen molar-refractivity contribution in [3.05, 3.63) is 24.5 Å². The quantitative estimate of drug-likeness (QED) is 0.616. The van der Waals surface area contributed by atoms with Crippen LogP contribution in [0.4, 0.5) is 10.4 Å². The van der Waals surface area contributed by atoms with Gasteiger partial charge in [0.15, 0.2) is 0 Å². The smallest absolute Gasteiger partial charge is 0.0368 e. The molecule has 1 heterocycles. The highest BCUT2D eigenvalue weighted by Crippen LogP contribution is 1.99. The molecule has 3 heteroatoms. The van der Waals surface area contributed by atoms with Crippen molar-refractivity contribution in [2.75, 3.05) is 12.4 Å². The number of aromatic nitrogens is 1. The Hall–Kier alpha value is -1.12. The predicted octanol–water partition coefficient (Wildman–Crippen LogP) is 1.28. The minimum atomic E-state index is 0. The van der Waals surface area contributed by atoms with Crippen LogP contribution in [0.2, 0.25) is 0 Å². The molecule has 0 spiro atoms. The van der Waals surface area contributed by atoms with Crippen LogP contribution in [-0.2, 0) is 0 Å². The maximum Gasteiger partial charge on any atom is 0.0368 e. The Bertz CT molecular complexity index is 152. The SMILES string of the molecule is CNc1ccncc1.F. The summed E-state index contributed by atoms with van der Waals surface area (Å²) in [5.74, 6) is 0. The molecule has 0 amide bonds. The molecule has 2 nitrogen and oxygen atoms in total. The lowest BCUT2D eigenvalue weighted by molar-refractivity contribution is 1.11. The molecule has 0 saturated heterocycles. The van der Waals surface area contributed by atoms with Crippen LogP contribution in [0.15, 0.2) is 24.5 Å². The minimum absolute atomic E-state index is 0. The van der Waals surface area contributed by atoms with Gasteiger partial charge in [-0.1, -0.05) is 0 Å². The van der Waals surface area contributed by atoms with Crippen LogP contribution in [0.1, 0.15) is 0 Å². The minimum Gasteiger partial charge on any atom is -0.388 e. The van der Waals surface area contributed by atoms with Gasteiger partial charge in [0.1, 0.15) is 0 Å². The van der Waals surface area contributed by atoms with Crippen LogP contribution in [0.3, 0.4) is 0 Å². The highest BCUT2D eigenvalue weighted by Gasteiger charge is 1.78. The maximum atomic E-state index is 3.85. The van der Waals surface area contributed by atoms with Gasteiger partial charge in [-0.15, -0.1) is 0 Å². The average molecular weight is 128 g/mol. The van der Waals surface area contributed by atoms with Crippen LogP contribution < -0.4 is 5.32 Å². The van der Waals surface area contributed by atoms with Crippen LogP contribution in [-0.4, -0.2) is 12.0 Å². The number of nitrogens with one attached hydrogen (secondary N) is 1. The third-order valence-corrected chi connectivity index (χ3v) is 0.969. The lowest BCUT2D eigenvalue weighted by Gasteiger charge is -1.93. The van der Waals surface area contributed by atoms with E-state index in [-0.39, 0.29) is 4.70 Å². The molecule has 0 saturated carbocycles. The predicted molar refractivity (Wildman–Crippen MR) is 36.3 cm³/mol. The van der Waals surface area contributed by atoms with Crippen LogP contribution >= 0.6 is 0 Å². The number of halogens is 1. The van der Waals surface area contributed by atoms with E-state index in [0.29, 0.717) is 0 Å². The zero-order valence-corrected chi connectivity index (χ0v) is 5.16. The van der Waals surface area contributed by atoms with Gasteiger partial charge in [-0.2, -0.15) is 0 Å². The van der Waals surface area contributed by atoms with Gasteiger partial charge in [0.2, 0.25) is 0 Å². The zero-order chi connectivity index (χ0) is 5.82. The van der Waals surface area contributed by atoms with Crippen LogP contribution in [0.5, 0.6) is 0 Å². The molecule has 9 heavy (non-hydrogen) atoms. The van der Waals surface area contributed by atoms with E-state index >= 15 is 0 Å². The molecule has 0 aliphatic heterocycles. The van der Waals surface area contributed by atoms with E-state index in [9.17, 15) is 0 Å². The third kappa shape index (κ3) is 2.08. The molecule has 0 unspecified atom stereocenters. The van der Waals surface area contributed by atoms with E-state index in [0.717, 1.165) is 5.69 Å². The van der Waals surface area contributed by atoms with Gasteiger partial charge in [0, 0.05) is 25.1 Å². The zero-order valence-electron chi connectivity index (χ0n) is 5.16. The Balaban J connectivity index is 0.000000640. The molecule has 1 N–H and O–H groups in total. The van der Waals surface area contributed by atoms with Gasteiger partial charge in [-0.3, -0.25) is 9.69 Å². The molecule has 0 fully saturated rings. The summed E-state index contributed by atoms with van der Waals surface area (Å²) in [6, 6.07) is 3.83. The summed E-state index contributed by atoms with van der Waals surface area (Å²) in [6.07, 6.45) is 3.51.